The van der Waals surface area contributed by atoms with Crippen LogP contribution in [0.5, 0.6) is 0 Å². The molecule has 1 aromatic carbocycles. The molecule has 1 fully saturated rings. The summed E-state index contributed by atoms with van der Waals surface area (Å²) < 4.78 is 5.35. The van der Waals surface area contributed by atoms with Crippen LogP contribution in [0.2, 0.25) is 0 Å². The van der Waals surface area contributed by atoms with E-state index in [1.54, 1.807) is 6.92 Å². The number of fused-ring (bicyclic) bond motifs is 1. The molecule has 1 saturated heterocycles. The lowest BCUT2D eigenvalue weighted by Gasteiger charge is -2.44. The van der Waals surface area contributed by atoms with Crippen LogP contribution in [-0.4, -0.2) is 51.2 Å². The highest BCUT2D eigenvalue weighted by molar-refractivity contribution is 8.03. The minimum atomic E-state index is -0.787. The van der Waals surface area contributed by atoms with Crippen molar-refractivity contribution in [3.8, 4) is 0 Å². The number of aliphatic hydroxyl groups is 1. The van der Waals surface area contributed by atoms with Gasteiger partial charge in [0.15, 0.2) is 0 Å². The van der Waals surface area contributed by atoms with Gasteiger partial charge in [-0.25, -0.2) is 4.79 Å². The number of esters is 1. The number of carbonyl (C=O) groups is 2. The number of halogens is 1. The zero-order valence-corrected chi connectivity index (χ0v) is 17.3. The van der Waals surface area contributed by atoms with Crippen LogP contribution < -0.4 is 5.73 Å². The van der Waals surface area contributed by atoms with Crippen molar-refractivity contribution in [3.63, 3.8) is 0 Å². The van der Waals surface area contributed by atoms with Gasteiger partial charge in [-0.2, -0.15) is 0 Å². The first-order valence-electron chi connectivity index (χ1n) is 8.82. The molecule has 0 saturated carbocycles. The number of nitro groups is 1. The summed E-state index contributed by atoms with van der Waals surface area (Å²) in [6.07, 6.45) is -0.293. The average molecular weight is 444 g/mol. The van der Waals surface area contributed by atoms with Crippen molar-refractivity contribution in [1.82, 2.24) is 4.90 Å². The van der Waals surface area contributed by atoms with E-state index in [0.717, 1.165) is 4.91 Å². The Hall–Kier alpha value is -2.14. The fraction of sp³-hybridized carbons (Fsp3) is 0.444. The number of aliphatic hydroxyl groups excluding tert-OH is 1. The van der Waals surface area contributed by atoms with Crippen molar-refractivity contribution in [3.05, 3.63) is 50.5 Å². The van der Waals surface area contributed by atoms with Crippen LogP contribution in [0.1, 0.15) is 18.9 Å². The van der Waals surface area contributed by atoms with Crippen LogP contribution in [0.25, 0.3) is 0 Å². The maximum Gasteiger partial charge on any atom is 0.356 e. The summed E-state index contributed by atoms with van der Waals surface area (Å²) in [6.45, 7) is 1.93. The molecule has 0 radical (unpaired) electrons. The number of benzene rings is 1. The summed E-state index contributed by atoms with van der Waals surface area (Å²) in [5.74, 6) is -0.834. The molecule has 1 aromatic rings. The smallest absolute Gasteiger partial charge is 0.356 e. The summed E-state index contributed by atoms with van der Waals surface area (Å²) >= 11 is 1.41. The number of nitrogens with zero attached hydrogens (tertiary/aromatic N) is 2. The lowest BCUT2D eigenvalue weighted by molar-refractivity contribution is -0.384. The van der Waals surface area contributed by atoms with Gasteiger partial charge in [0.25, 0.3) is 5.69 Å². The summed E-state index contributed by atoms with van der Waals surface area (Å²) in [7, 11) is 0. The zero-order chi connectivity index (χ0) is 20.4. The van der Waals surface area contributed by atoms with E-state index in [9.17, 15) is 24.8 Å². The summed E-state index contributed by atoms with van der Waals surface area (Å²) in [4.78, 5) is 37.5. The van der Waals surface area contributed by atoms with E-state index in [-0.39, 0.29) is 42.3 Å². The second kappa shape index (κ2) is 9.57. The largest absolute Gasteiger partial charge is 0.456 e. The summed E-state index contributed by atoms with van der Waals surface area (Å²) in [5.41, 5.74) is 6.32. The van der Waals surface area contributed by atoms with Gasteiger partial charge >= 0.3 is 5.97 Å². The molecule has 3 rings (SSSR count). The molecule has 0 bridgehead atoms. The lowest BCUT2D eigenvalue weighted by atomic mass is 9.83. The van der Waals surface area contributed by atoms with Crippen LogP contribution in [0.4, 0.5) is 5.69 Å². The van der Waals surface area contributed by atoms with E-state index < -0.39 is 22.9 Å². The van der Waals surface area contributed by atoms with Gasteiger partial charge in [0.05, 0.1) is 23.0 Å². The van der Waals surface area contributed by atoms with Crippen molar-refractivity contribution < 1.29 is 24.4 Å². The molecule has 3 N–H and O–H groups in total. The topological polar surface area (TPSA) is 136 Å². The average Bonchev–Trinajstić information content (AvgIpc) is 2.98. The number of β-lactam (4-membered cyclic amide) rings is 1. The van der Waals surface area contributed by atoms with E-state index in [0.29, 0.717) is 24.3 Å². The van der Waals surface area contributed by atoms with Crippen molar-refractivity contribution in [1.29, 1.82) is 0 Å². The highest BCUT2D eigenvalue weighted by atomic mass is 35.5. The highest BCUT2D eigenvalue weighted by Crippen LogP contribution is 2.47. The number of rotatable bonds is 8. The molecule has 3 atom stereocenters. The van der Waals surface area contributed by atoms with E-state index in [1.165, 1.54) is 40.9 Å². The molecule has 0 unspecified atom stereocenters. The number of thioether (sulfide) groups is 1. The maximum absolute atomic E-state index is 12.7. The van der Waals surface area contributed by atoms with Gasteiger partial charge < -0.3 is 20.5 Å². The Morgan fingerprint density at radius 1 is 1.45 bits per heavy atom. The third-order valence-electron chi connectivity index (χ3n) is 4.79. The number of ether oxygens (including phenoxy) is 1. The van der Waals surface area contributed by atoms with Crippen LogP contribution >= 0.6 is 24.2 Å². The Morgan fingerprint density at radius 3 is 2.66 bits per heavy atom. The third-order valence-corrected chi connectivity index (χ3v) is 5.94. The Balaban J connectivity index is 0.00000300. The molecule has 9 nitrogen and oxygen atoms in total. The van der Waals surface area contributed by atoms with Crippen molar-refractivity contribution in [2.24, 2.45) is 11.7 Å². The molecule has 2 aliphatic heterocycles. The Labute approximate surface area is 177 Å². The first-order valence-corrected chi connectivity index (χ1v) is 9.81. The molecular formula is C18H22ClN3O6S. The first kappa shape index (κ1) is 23.1. The van der Waals surface area contributed by atoms with Crippen molar-refractivity contribution >= 4 is 41.7 Å². The zero-order valence-electron chi connectivity index (χ0n) is 15.6. The second-order valence-electron chi connectivity index (χ2n) is 6.65. The molecule has 0 aromatic heterocycles. The van der Waals surface area contributed by atoms with Crippen molar-refractivity contribution in [2.75, 3.05) is 12.3 Å². The van der Waals surface area contributed by atoms with Crippen LogP contribution in [-0.2, 0) is 20.9 Å². The van der Waals surface area contributed by atoms with Gasteiger partial charge in [0.1, 0.15) is 12.3 Å². The number of nitrogens with two attached hydrogens (primary N) is 1. The molecule has 1 amide bonds. The molecule has 0 spiro atoms. The molecule has 2 heterocycles. The summed E-state index contributed by atoms with van der Waals surface area (Å²) in [6, 6.07) is 5.46. The van der Waals surface area contributed by atoms with Gasteiger partial charge in [-0.1, -0.05) is 0 Å². The fourth-order valence-electron chi connectivity index (χ4n) is 3.46. The maximum atomic E-state index is 12.7. The fourth-order valence-corrected chi connectivity index (χ4v) is 4.43. The van der Waals surface area contributed by atoms with Gasteiger partial charge in [0.2, 0.25) is 5.91 Å². The van der Waals surface area contributed by atoms with E-state index in [2.05, 4.69) is 0 Å². The van der Waals surface area contributed by atoms with Gasteiger partial charge in [0, 0.05) is 35.8 Å². The second-order valence-corrected chi connectivity index (χ2v) is 7.84. The summed E-state index contributed by atoms with van der Waals surface area (Å²) in [5, 5.41) is 20.5. The molecule has 2 aliphatic rings. The van der Waals surface area contributed by atoms with Crippen LogP contribution in [0.15, 0.2) is 34.9 Å². The van der Waals surface area contributed by atoms with Crippen molar-refractivity contribution in [2.45, 2.75) is 32.1 Å². The van der Waals surface area contributed by atoms with E-state index in [4.69, 9.17) is 10.5 Å². The molecule has 158 valence electrons. The van der Waals surface area contributed by atoms with Crippen LogP contribution in [0.3, 0.4) is 0 Å². The monoisotopic (exact) mass is 443 g/mol. The lowest BCUT2D eigenvalue weighted by Crippen LogP contribution is -2.61. The SMILES string of the molecule is C[C@H](O)[C@@H]1C(=O)N2C(C(=O)OCc3ccc([N+](=O)[O-])cc3)=C(SCCN)C[C@H]12.Cl. The van der Waals surface area contributed by atoms with Gasteiger partial charge in [-0.05, 0) is 24.6 Å². The quantitative estimate of drug-likeness (QED) is 0.267. The highest BCUT2D eigenvalue weighted by Gasteiger charge is 2.56. The first-order chi connectivity index (χ1) is 13.3. The Morgan fingerprint density at radius 2 is 2.10 bits per heavy atom. The minimum absolute atomic E-state index is 0. The number of amides is 1. The molecular weight excluding hydrogens is 422 g/mol. The number of hydrogen-bond donors (Lipinski definition) is 2. The third kappa shape index (κ3) is 4.55. The molecule has 0 aliphatic carbocycles. The van der Waals surface area contributed by atoms with E-state index >= 15 is 0 Å². The molecule has 29 heavy (non-hydrogen) atoms. The number of hydrogen-bond acceptors (Lipinski definition) is 8. The number of nitro benzene ring substituents is 1. The normalized spacial score (nSPS) is 21.2. The van der Waals surface area contributed by atoms with Gasteiger partial charge in [-0.3, -0.25) is 14.9 Å². The number of carbonyl (C=O) groups excluding carboxylic acids is 2. The Kier molecular flexibility index (Phi) is 7.64. The van der Waals surface area contributed by atoms with Crippen LogP contribution in [0, 0.1) is 16.0 Å². The predicted octanol–water partition coefficient (Wildman–Crippen LogP) is 1.57. The molecule has 11 heteroatoms. The van der Waals surface area contributed by atoms with Gasteiger partial charge in [-0.15, -0.1) is 24.2 Å². The number of non-ortho nitro benzene ring substituents is 1. The Bertz CT molecular complexity index is 829. The standard InChI is InChI=1S/C18H21N3O6S.ClH/c1-10(22)15-13-8-14(28-7-6-19)16(20(13)17(15)23)18(24)27-9-11-2-4-12(5-3-11)21(25)26;/h2-5,10,13,15,22H,6-9,19H2,1H3;1H/t10-,13+,15-;/m0./s1. The minimum Gasteiger partial charge on any atom is -0.456 e. The van der Waals surface area contributed by atoms with E-state index in [1.807, 2.05) is 0 Å². The predicted molar refractivity (Wildman–Crippen MR) is 109 cm³/mol.